The number of aryl methyl sites for hydroxylation is 2. The van der Waals surface area contributed by atoms with Crippen LogP contribution in [0.1, 0.15) is 20.9 Å². The number of non-ortho nitro benzene ring substituents is 1. The summed E-state index contributed by atoms with van der Waals surface area (Å²) in [5.41, 5.74) is 6.56. The Kier molecular flexibility index (Phi) is 3.66. The summed E-state index contributed by atoms with van der Waals surface area (Å²) in [7, 11) is 0. The van der Waals surface area contributed by atoms with Gasteiger partial charge in [-0.2, -0.15) is 0 Å². The van der Waals surface area contributed by atoms with Crippen LogP contribution in [0, 0.1) is 24.0 Å². The zero-order chi connectivity index (χ0) is 14.9. The number of nitrogen functional groups attached to an aromatic ring is 1. The van der Waals surface area contributed by atoms with E-state index in [9.17, 15) is 14.9 Å². The average molecular weight is 292 g/mol. The lowest BCUT2D eigenvalue weighted by Crippen LogP contribution is -2.14. The summed E-state index contributed by atoms with van der Waals surface area (Å²) < 4.78 is 0. The summed E-state index contributed by atoms with van der Waals surface area (Å²) in [6, 6.07) is 3.74. The number of carbonyl (C=O) groups is 1. The van der Waals surface area contributed by atoms with Gasteiger partial charge in [0.25, 0.3) is 11.6 Å². The molecule has 0 aliphatic heterocycles. The van der Waals surface area contributed by atoms with Crippen LogP contribution < -0.4 is 11.1 Å². The Hall–Kier alpha value is -2.48. The molecule has 1 amide bonds. The molecule has 0 fully saturated rings. The predicted molar refractivity (Wildman–Crippen MR) is 77.1 cm³/mol. The maximum atomic E-state index is 12.1. The minimum Gasteiger partial charge on any atom is -0.398 e. The van der Waals surface area contributed by atoms with E-state index in [-0.39, 0.29) is 16.9 Å². The van der Waals surface area contributed by atoms with Gasteiger partial charge in [0.1, 0.15) is 0 Å². The molecule has 0 aliphatic rings. The fraction of sp³-hybridized carbons (Fsp3) is 0.167. The number of nitro benzene ring substituents is 1. The van der Waals surface area contributed by atoms with Gasteiger partial charge in [0.15, 0.2) is 5.13 Å². The summed E-state index contributed by atoms with van der Waals surface area (Å²) in [6.07, 6.45) is 0. The fourth-order valence-corrected chi connectivity index (χ4v) is 2.35. The van der Waals surface area contributed by atoms with E-state index < -0.39 is 10.8 Å². The van der Waals surface area contributed by atoms with Crippen molar-refractivity contribution in [1.82, 2.24) is 4.98 Å². The molecule has 0 saturated heterocycles. The topological polar surface area (TPSA) is 111 Å². The van der Waals surface area contributed by atoms with E-state index in [1.54, 1.807) is 0 Å². The molecule has 0 unspecified atom stereocenters. The molecule has 0 aliphatic carbocycles. The molecule has 1 aromatic carbocycles. The first-order valence-corrected chi connectivity index (χ1v) is 6.49. The van der Waals surface area contributed by atoms with Crippen molar-refractivity contribution in [3.63, 3.8) is 0 Å². The van der Waals surface area contributed by atoms with Crippen LogP contribution in [0.2, 0.25) is 0 Å². The second-order valence-corrected chi connectivity index (χ2v) is 5.35. The van der Waals surface area contributed by atoms with Gasteiger partial charge < -0.3 is 5.73 Å². The third-order valence-corrected chi connectivity index (χ3v) is 3.73. The minimum absolute atomic E-state index is 0.0599. The zero-order valence-electron chi connectivity index (χ0n) is 10.8. The van der Waals surface area contributed by atoms with Crippen molar-refractivity contribution in [2.75, 3.05) is 11.1 Å². The smallest absolute Gasteiger partial charge is 0.270 e. The maximum absolute atomic E-state index is 12.1. The van der Waals surface area contributed by atoms with Crippen LogP contribution in [-0.2, 0) is 0 Å². The lowest BCUT2D eigenvalue weighted by atomic mass is 10.1. The molecule has 20 heavy (non-hydrogen) atoms. The lowest BCUT2D eigenvalue weighted by molar-refractivity contribution is -0.384. The zero-order valence-corrected chi connectivity index (χ0v) is 11.7. The van der Waals surface area contributed by atoms with Gasteiger partial charge in [-0.1, -0.05) is 0 Å². The third kappa shape index (κ3) is 2.75. The number of nitro groups is 1. The number of nitrogens with two attached hydrogens (primary N) is 1. The summed E-state index contributed by atoms with van der Waals surface area (Å²) in [6.45, 7) is 3.73. The number of nitrogens with zero attached hydrogens (tertiary/aromatic N) is 2. The number of rotatable bonds is 3. The molecular formula is C12H12N4O3S. The minimum atomic E-state index is -0.575. The Morgan fingerprint density at radius 1 is 1.45 bits per heavy atom. The summed E-state index contributed by atoms with van der Waals surface area (Å²) in [5.74, 6) is -0.514. The van der Waals surface area contributed by atoms with Crippen molar-refractivity contribution in [3.8, 4) is 0 Å². The normalized spacial score (nSPS) is 10.3. The molecule has 0 bridgehead atoms. The Morgan fingerprint density at radius 2 is 2.15 bits per heavy atom. The van der Waals surface area contributed by atoms with Crippen LogP contribution in [0.5, 0.6) is 0 Å². The van der Waals surface area contributed by atoms with E-state index in [0.717, 1.165) is 16.6 Å². The van der Waals surface area contributed by atoms with Crippen molar-refractivity contribution in [2.45, 2.75) is 13.8 Å². The molecule has 0 saturated carbocycles. The van der Waals surface area contributed by atoms with E-state index in [1.807, 2.05) is 13.8 Å². The molecule has 0 atom stereocenters. The van der Waals surface area contributed by atoms with Crippen LogP contribution in [-0.4, -0.2) is 15.8 Å². The largest absolute Gasteiger partial charge is 0.398 e. The lowest BCUT2D eigenvalue weighted by Gasteiger charge is -2.04. The van der Waals surface area contributed by atoms with Gasteiger partial charge in [0.05, 0.1) is 16.2 Å². The monoisotopic (exact) mass is 292 g/mol. The number of aromatic nitrogens is 1. The van der Waals surface area contributed by atoms with Gasteiger partial charge in [-0.25, -0.2) is 4.98 Å². The van der Waals surface area contributed by atoms with E-state index >= 15 is 0 Å². The first kappa shape index (κ1) is 13.9. The fourth-order valence-electron chi connectivity index (χ4n) is 1.55. The summed E-state index contributed by atoms with van der Waals surface area (Å²) >= 11 is 1.34. The maximum Gasteiger partial charge on any atom is 0.270 e. The van der Waals surface area contributed by atoms with Gasteiger partial charge in [-0.15, -0.1) is 11.3 Å². The van der Waals surface area contributed by atoms with Crippen LogP contribution in [0.4, 0.5) is 16.5 Å². The highest BCUT2D eigenvalue weighted by atomic mass is 32.1. The Morgan fingerprint density at radius 3 is 2.70 bits per heavy atom. The molecule has 2 aromatic rings. The van der Waals surface area contributed by atoms with E-state index in [4.69, 9.17) is 5.73 Å². The van der Waals surface area contributed by atoms with Gasteiger partial charge in [-0.3, -0.25) is 20.2 Å². The molecule has 104 valence electrons. The van der Waals surface area contributed by atoms with Crippen molar-refractivity contribution in [3.05, 3.63) is 44.4 Å². The molecule has 3 N–H and O–H groups in total. The van der Waals surface area contributed by atoms with E-state index in [1.165, 1.54) is 23.5 Å². The first-order valence-electron chi connectivity index (χ1n) is 5.68. The Bertz CT molecular complexity index is 677. The number of carbonyl (C=O) groups excluding carboxylic acids is 1. The Balaban J connectivity index is 2.29. The van der Waals surface area contributed by atoms with Gasteiger partial charge in [0.2, 0.25) is 0 Å². The van der Waals surface area contributed by atoms with Gasteiger partial charge in [-0.05, 0) is 19.9 Å². The predicted octanol–water partition coefficient (Wildman–Crippen LogP) is 2.50. The molecule has 2 rings (SSSR count). The van der Waals surface area contributed by atoms with Crippen LogP contribution in [0.3, 0.4) is 0 Å². The van der Waals surface area contributed by atoms with Gasteiger partial charge >= 0.3 is 0 Å². The van der Waals surface area contributed by atoms with Crippen LogP contribution >= 0.6 is 11.3 Å². The molecular weight excluding hydrogens is 280 g/mol. The molecule has 7 nitrogen and oxygen atoms in total. The number of benzene rings is 1. The van der Waals surface area contributed by atoms with Gasteiger partial charge in [0, 0.05) is 22.7 Å². The Labute approximate surface area is 118 Å². The number of nitrogens with one attached hydrogen (secondary N) is 1. The number of hydrogen-bond acceptors (Lipinski definition) is 6. The summed E-state index contributed by atoms with van der Waals surface area (Å²) in [5, 5.41) is 13.7. The SMILES string of the molecule is Cc1nc(NC(=O)c2cc([N+](=O)[O-])ccc2N)sc1C. The quantitative estimate of drug-likeness (QED) is 0.513. The van der Waals surface area contributed by atoms with E-state index in [0.29, 0.717) is 5.13 Å². The van der Waals surface area contributed by atoms with E-state index in [2.05, 4.69) is 10.3 Å². The molecule has 0 radical (unpaired) electrons. The highest BCUT2D eigenvalue weighted by Gasteiger charge is 2.16. The van der Waals surface area contributed by atoms with Crippen LogP contribution in [0.25, 0.3) is 0 Å². The number of hydrogen-bond donors (Lipinski definition) is 2. The molecule has 1 aromatic heterocycles. The second kappa shape index (κ2) is 5.25. The summed E-state index contributed by atoms with van der Waals surface area (Å²) in [4.78, 5) is 27.4. The third-order valence-electron chi connectivity index (χ3n) is 2.74. The first-order chi connectivity index (χ1) is 9.38. The van der Waals surface area contributed by atoms with Crippen molar-refractivity contribution in [2.24, 2.45) is 0 Å². The highest BCUT2D eigenvalue weighted by Crippen LogP contribution is 2.24. The number of amides is 1. The second-order valence-electron chi connectivity index (χ2n) is 4.14. The molecule has 1 heterocycles. The number of thiazole rings is 1. The molecule has 0 spiro atoms. The molecule has 8 heteroatoms. The standard InChI is InChI=1S/C12H12N4O3S/c1-6-7(2)20-12(14-6)15-11(17)9-5-8(16(18)19)3-4-10(9)13/h3-5H,13H2,1-2H3,(H,14,15,17). The highest BCUT2D eigenvalue weighted by molar-refractivity contribution is 7.15. The van der Waals surface area contributed by atoms with Crippen molar-refractivity contribution < 1.29 is 9.72 Å². The van der Waals surface area contributed by atoms with Crippen LogP contribution in [0.15, 0.2) is 18.2 Å². The van der Waals surface area contributed by atoms with Crippen molar-refractivity contribution in [1.29, 1.82) is 0 Å². The van der Waals surface area contributed by atoms with Crippen molar-refractivity contribution >= 4 is 33.8 Å². The average Bonchev–Trinajstić information content (AvgIpc) is 2.68. The number of anilines is 2.